The van der Waals surface area contributed by atoms with Crippen LogP contribution < -0.4 is 5.32 Å². The zero-order valence-electron chi connectivity index (χ0n) is 9.45. The highest BCUT2D eigenvalue weighted by Crippen LogP contribution is 2.19. The normalized spacial score (nSPS) is 10.3. The third-order valence-electron chi connectivity index (χ3n) is 2.26. The van der Waals surface area contributed by atoms with Crippen LogP contribution in [0.1, 0.15) is 20.2 Å². The lowest BCUT2D eigenvalue weighted by Gasteiger charge is -2.06. The van der Waals surface area contributed by atoms with Crippen LogP contribution >= 0.6 is 22.9 Å². The van der Waals surface area contributed by atoms with E-state index in [0.717, 1.165) is 4.88 Å². The van der Waals surface area contributed by atoms with E-state index in [2.05, 4.69) is 10.3 Å². The van der Waals surface area contributed by atoms with Crippen molar-refractivity contribution in [3.8, 4) is 0 Å². The van der Waals surface area contributed by atoms with Gasteiger partial charge in [-0.25, -0.2) is 4.98 Å². The lowest BCUT2D eigenvalue weighted by atomic mass is 10.3. The van der Waals surface area contributed by atoms with Gasteiger partial charge in [-0.15, -0.1) is 11.3 Å². The number of carbonyl (C=O) groups excluding carboxylic acids is 1. The van der Waals surface area contributed by atoms with Gasteiger partial charge in [0.05, 0.1) is 16.3 Å². The third-order valence-corrected chi connectivity index (χ3v) is 3.47. The van der Waals surface area contributed by atoms with Crippen molar-refractivity contribution < 1.29 is 4.79 Å². The van der Waals surface area contributed by atoms with Crippen molar-refractivity contribution in [2.24, 2.45) is 0 Å². The number of hydrogen-bond donors (Lipinski definition) is 1. The van der Waals surface area contributed by atoms with Gasteiger partial charge in [-0.2, -0.15) is 0 Å². The summed E-state index contributed by atoms with van der Waals surface area (Å²) < 4.78 is 0. The summed E-state index contributed by atoms with van der Waals surface area (Å²) >= 11 is 7.22. The maximum atomic E-state index is 11.9. The first kappa shape index (κ1) is 12.1. The van der Waals surface area contributed by atoms with Crippen LogP contribution in [0.25, 0.3) is 0 Å². The molecule has 17 heavy (non-hydrogen) atoms. The average molecular weight is 267 g/mol. The van der Waals surface area contributed by atoms with Gasteiger partial charge in [-0.1, -0.05) is 11.6 Å². The van der Waals surface area contributed by atoms with Crippen molar-refractivity contribution in [3.05, 3.63) is 44.9 Å². The van der Waals surface area contributed by atoms with Crippen molar-refractivity contribution in [1.82, 2.24) is 4.98 Å². The van der Waals surface area contributed by atoms with Gasteiger partial charge < -0.3 is 5.32 Å². The SMILES string of the molecule is Cc1ccc(C(=O)Nc2ccc(Cl)nc2C)s1. The molecule has 2 heterocycles. The summed E-state index contributed by atoms with van der Waals surface area (Å²) in [6.07, 6.45) is 0. The fraction of sp³-hybridized carbons (Fsp3) is 0.167. The summed E-state index contributed by atoms with van der Waals surface area (Å²) in [4.78, 5) is 17.8. The highest BCUT2D eigenvalue weighted by atomic mass is 35.5. The number of rotatable bonds is 2. The molecule has 1 N–H and O–H groups in total. The van der Waals surface area contributed by atoms with E-state index in [1.54, 1.807) is 19.1 Å². The molecule has 2 aromatic heterocycles. The van der Waals surface area contributed by atoms with Crippen molar-refractivity contribution in [2.45, 2.75) is 13.8 Å². The van der Waals surface area contributed by atoms with Crippen molar-refractivity contribution >= 4 is 34.5 Å². The molecule has 0 aliphatic rings. The lowest BCUT2D eigenvalue weighted by molar-refractivity contribution is 0.103. The Hall–Kier alpha value is -1.39. The number of hydrogen-bond acceptors (Lipinski definition) is 3. The van der Waals surface area contributed by atoms with Gasteiger partial charge in [0.25, 0.3) is 5.91 Å². The first-order valence-corrected chi connectivity index (χ1v) is 6.26. The molecule has 0 fully saturated rings. The minimum Gasteiger partial charge on any atom is -0.320 e. The summed E-state index contributed by atoms with van der Waals surface area (Å²) in [5, 5.41) is 3.24. The van der Waals surface area contributed by atoms with Crippen LogP contribution in [0.2, 0.25) is 5.15 Å². The Kier molecular flexibility index (Phi) is 3.45. The number of halogens is 1. The molecule has 0 atom stereocenters. The van der Waals surface area contributed by atoms with Gasteiger partial charge in [0, 0.05) is 4.88 Å². The smallest absolute Gasteiger partial charge is 0.265 e. The Labute approximate surface area is 108 Å². The molecule has 2 rings (SSSR count). The summed E-state index contributed by atoms with van der Waals surface area (Å²) in [5.74, 6) is -0.115. The monoisotopic (exact) mass is 266 g/mol. The average Bonchev–Trinajstić information content (AvgIpc) is 2.69. The maximum absolute atomic E-state index is 11.9. The van der Waals surface area contributed by atoms with Crippen LogP contribution in [0.15, 0.2) is 24.3 Å². The highest BCUT2D eigenvalue weighted by Gasteiger charge is 2.10. The predicted octanol–water partition coefficient (Wildman–Crippen LogP) is 3.67. The fourth-order valence-electron chi connectivity index (χ4n) is 1.40. The van der Waals surface area contributed by atoms with Crippen molar-refractivity contribution in [1.29, 1.82) is 0 Å². The quantitative estimate of drug-likeness (QED) is 0.843. The second-order valence-corrected chi connectivity index (χ2v) is 5.31. The number of aromatic nitrogens is 1. The summed E-state index contributed by atoms with van der Waals surface area (Å²) in [6, 6.07) is 7.15. The number of aryl methyl sites for hydroxylation is 2. The number of nitrogens with zero attached hydrogens (tertiary/aromatic N) is 1. The minimum absolute atomic E-state index is 0.115. The van der Waals surface area contributed by atoms with Crippen LogP contribution in [-0.2, 0) is 0 Å². The molecular formula is C12H11ClN2OS. The number of carbonyl (C=O) groups is 1. The van der Waals surface area contributed by atoms with Crippen molar-refractivity contribution in [2.75, 3.05) is 5.32 Å². The molecule has 0 aliphatic carbocycles. The molecule has 0 aromatic carbocycles. The second kappa shape index (κ2) is 4.85. The molecule has 0 saturated heterocycles. The van der Waals surface area contributed by atoms with Gasteiger partial charge >= 0.3 is 0 Å². The van der Waals surface area contributed by atoms with E-state index in [9.17, 15) is 4.79 Å². The lowest BCUT2D eigenvalue weighted by Crippen LogP contribution is -2.11. The Balaban J connectivity index is 2.18. The summed E-state index contributed by atoms with van der Waals surface area (Å²) in [6.45, 7) is 3.78. The van der Waals surface area contributed by atoms with E-state index < -0.39 is 0 Å². The molecule has 0 spiro atoms. The number of pyridine rings is 1. The van der Waals surface area contributed by atoms with Crippen LogP contribution in [0.5, 0.6) is 0 Å². The molecule has 5 heteroatoms. The van der Waals surface area contributed by atoms with E-state index in [1.807, 2.05) is 19.1 Å². The van der Waals surface area contributed by atoms with E-state index in [1.165, 1.54) is 11.3 Å². The van der Waals surface area contributed by atoms with E-state index in [0.29, 0.717) is 21.4 Å². The standard InChI is InChI=1S/C12H11ClN2OS/c1-7-3-5-10(17-7)12(16)15-9-4-6-11(13)14-8(9)2/h3-6H,1-2H3,(H,15,16). The predicted molar refractivity (Wildman–Crippen MR) is 71.0 cm³/mol. The van der Waals surface area contributed by atoms with Crippen LogP contribution in [0.4, 0.5) is 5.69 Å². The topological polar surface area (TPSA) is 42.0 Å². The van der Waals surface area contributed by atoms with Crippen LogP contribution in [0.3, 0.4) is 0 Å². The molecule has 3 nitrogen and oxygen atoms in total. The molecule has 1 amide bonds. The zero-order valence-corrected chi connectivity index (χ0v) is 11.0. The fourth-order valence-corrected chi connectivity index (χ4v) is 2.36. The molecule has 88 valence electrons. The van der Waals surface area contributed by atoms with Crippen LogP contribution in [0, 0.1) is 13.8 Å². The van der Waals surface area contributed by atoms with Gasteiger partial charge in [0.1, 0.15) is 5.15 Å². The molecule has 0 radical (unpaired) electrons. The van der Waals surface area contributed by atoms with Gasteiger partial charge in [-0.05, 0) is 38.1 Å². The zero-order chi connectivity index (χ0) is 12.4. The third kappa shape index (κ3) is 2.84. The molecule has 0 bridgehead atoms. The number of nitrogens with one attached hydrogen (secondary N) is 1. The molecule has 0 aliphatic heterocycles. The molecule has 0 saturated carbocycles. The van der Waals surface area contributed by atoms with E-state index in [-0.39, 0.29) is 5.91 Å². The number of amides is 1. The molecule has 0 unspecified atom stereocenters. The van der Waals surface area contributed by atoms with Gasteiger partial charge in [-0.3, -0.25) is 4.79 Å². The number of anilines is 1. The summed E-state index contributed by atoms with van der Waals surface area (Å²) in [5.41, 5.74) is 1.39. The minimum atomic E-state index is -0.115. The molecule has 2 aromatic rings. The largest absolute Gasteiger partial charge is 0.320 e. The van der Waals surface area contributed by atoms with Crippen molar-refractivity contribution in [3.63, 3.8) is 0 Å². The van der Waals surface area contributed by atoms with Gasteiger partial charge in [0.15, 0.2) is 0 Å². The van der Waals surface area contributed by atoms with Gasteiger partial charge in [0.2, 0.25) is 0 Å². The van der Waals surface area contributed by atoms with E-state index in [4.69, 9.17) is 11.6 Å². The Morgan fingerprint density at radius 2 is 2.06 bits per heavy atom. The second-order valence-electron chi connectivity index (χ2n) is 3.63. The molecular weight excluding hydrogens is 256 g/mol. The Morgan fingerprint density at radius 1 is 1.29 bits per heavy atom. The Bertz CT molecular complexity index is 565. The summed E-state index contributed by atoms with van der Waals surface area (Å²) in [7, 11) is 0. The highest BCUT2D eigenvalue weighted by molar-refractivity contribution is 7.14. The van der Waals surface area contributed by atoms with E-state index >= 15 is 0 Å². The number of thiophene rings is 1. The van der Waals surface area contributed by atoms with Crippen LogP contribution in [-0.4, -0.2) is 10.9 Å². The maximum Gasteiger partial charge on any atom is 0.265 e. The Morgan fingerprint density at radius 3 is 2.65 bits per heavy atom. The first-order valence-electron chi connectivity index (χ1n) is 5.07. The first-order chi connectivity index (χ1) is 8.06.